The van der Waals surface area contributed by atoms with E-state index in [0.29, 0.717) is 17.9 Å². The molecule has 0 radical (unpaired) electrons. The Balaban J connectivity index is 1.11. The molecule has 1 aromatic rings. The van der Waals surface area contributed by atoms with Gasteiger partial charge in [0, 0.05) is 44.5 Å². The Hall–Kier alpha value is -2.01. The second kappa shape index (κ2) is 8.39. The zero-order chi connectivity index (χ0) is 19.6. The average Bonchev–Trinajstić information content (AvgIpc) is 3.35. The Kier molecular flexibility index (Phi) is 5.49. The van der Waals surface area contributed by atoms with Gasteiger partial charge in [0.1, 0.15) is 0 Å². The van der Waals surface area contributed by atoms with Crippen LogP contribution in [0.4, 0.5) is 0 Å². The standard InChI is InChI=1S/C24H33N3O2/c28-24(15-19-9-13-29-14-10-19)26-11-7-18(8-12-26)5-6-22-20-3-1-2-4-21(20)23-16-25-17-27(22)23/h1-4,16,18-19,22,25H,5-15,17H2/t22-/m0/s1. The topological polar surface area (TPSA) is 44.8 Å². The molecule has 5 rings (SSSR count). The molecule has 1 aromatic carbocycles. The van der Waals surface area contributed by atoms with Gasteiger partial charge in [-0.15, -0.1) is 0 Å². The molecular weight excluding hydrogens is 362 g/mol. The van der Waals surface area contributed by atoms with E-state index < -0.39 is 0 Å². The molecule has 0 aliphatic carbocycles. The minimum Gasteiger partial charge on any atom is -0.381 e. The lowest BCUT2D eigenvalue weighted by molar-refractivity contribution is -0.134. The maximum Gasteiger partial charge on any atom is 0.222 e. The molecule has 156 valence electrons. The Labute approximate surface area is 174 Å². The number of ether oxygens (including phenoxy) is 1. The van der Waals surface area contributed by atoms with Crippen molar-refractivity contribution in [2.45, 2.75) is 51.0 Å². The number of nitrogens with zero attached hydrogens (tertiary/aromatic N) is 2. The lowest BCUT2D eigenvalue weighted by Gasteiger charge is -2.34. The van der Waals surface area contributed by atoms with Crippen molar-refractivity contribution in [1.82, 2.24) is 15.1 Å². The summed E-state index contributed by atoms with van der Waals surface area (Å²) < 4.78 is 5.42. The summed E-state index contributed by atoms with van der Waals surface area (Å²) in [5.41, 5.74) is 4.25. The Morgan fingerprint density at radius 2 is 1.83 bits per heavy atom. The molecule has 2 saturated heterocycles. The van der Waals surface area contributed by atoms with Gasteiger partial charge in [0.15, 0.2) is 0 Å². The van der Waals surface area contributed by atoms with Crippen molar-refractivity contribution in [3.8, 4) is 0 Å². The van der Waals surface area contributed by atoms with Crippen molar-refractivity contribution in [2.75, 3.05) is 33.0 Å². The summed E-state index contributed by atoms with van der Waals surface area (Å²) in [7, 11) is 0. The molecule has 4 aliphatic rings. The van der Waals surface area contributed by atoms with Crippen molar-refractivity contribution in [3.05, 3.63) is 41.6 Å². The number of likely N-dealkylation sites (tertiary alicyclic amines) is 1. The lowest BCUT2D eigenvalue weighted by atomic mass is 9.88. The van der Waals surface area contributed by atoms with Crippen LogP contribution in [-0.2, 0) is 9.53 Å². The van der Waals surface area contributed by atoms with Gasteiger partial charge in [0.2, 0.25) is 5.91 Å². The highest BCUT2D eigenvalue weighted by Crippen LogP contribution is 2.45. The van der Waals surface area contributed by atoms with Crippen LogP contribution in [0.25, 0.3) is 5.70 Å². The molecule has 5 heteroatoms. The third kappa shape index (κ3) is 3.89. The van der Waals surface area contributed by atoms with E-state index in [1.54, 1.807) is 0 Å². The second-order valence-corrected chi connectivity index (χ2v) is 9.13. The van der Waals surface area contributed by atoms with Crippen LogP contribution in [0.2, 0.25) is 0 Å². The first-order valence-corrected chi connectivity index (χ1v) is 11.4. The second-order valence-electron chi connectivity index (χ2n) is 9.13. The van der Waals surface area contributed by atoms with Gasteiger partial charge in [-0.1, -0.05) is 24.3 Å². The van der Waals surface area contributed by atoms with Crippen LogP contribution in [0.15, 0.2) is 30.5 Å². The van der Waals surface area contributed by atoms with Gasteiger partial charge >= 0.3 is 0 Å². The third-order valence-corrected chi connectivity index (χ3v) is 7.40. The van der Waals surface area contributed by atoms with Crippen molar-refractivity contribution in [1.29, 1.82) is 0 Å². The molecule has 4 aliphatic heterocycles. The number of hydrogen-bond acceptors (Lipinski definition) is 4. The van der Waals surface area contributed by atoms with Crippen LogP contribution in [0.1, 0.15) is 62.1 Å². The van der Waals surface area contributed by atoms with Crippen LogP contribution in [0.5, 0.6) is 0 Å². The molecule has 5 nitrogen and oxygen atoms in total. The van der Waals surface area contributed by atoms with Gasteiger partial charge < -0.3 is 19.9 Å². The van der Waals surface area contributed by atoms with Crippen LogP contribution >= 0.6 is 0 Å². The van der Waals surface area contributed by atoms with Crippen molar-refractivity contribution >= 4 is 11.6 Å². The molecule has 1 amide bonds. The number of benzene rings is 1. The van der Waals surface area contributed by atoms with Gasteiger partial charge in [0.05, 0.1) is 18.4 Å². The molecule has 29 heavy (non-hydrogen) atoms. The minimum absolute atomic E-state index is 0.373. The molecule has 0 unspecified atom stereocenters. The fourth-order valence-corrected chi connectivity index (χ4v) is 5.61. The number of fused-ring (bicyclic) bond motifs is 3. The molecule has 2 fully saturated rings. The van der Waals surface area contributed by atoms with Crippen LogP contribution in [-0.4, -0.2) is 48.7 Å². The molecule has 4 heterocycles. The summed E-state index contributed by atoms with van der Waals surface area (Å²) in [5.74, 6) is 1.66. The van der Waals surface area contributed by atoms with Crippen molar-refractivity contribution in [3.63, 3.8) is 0 Å². The number of rotatable bonds is 5. The number of carbonyl (C=O) groups excluding carboxylic acids is 1. The van der Waals surface area contributed by atoms with E-state index in [2.05, 4.69) is 45.6 Å². The highest BCUT2D eigenvalue weighted by Gasteiger charge is 2.36. The number of amides is 1. The van der Waals surface area contributed by atoms with E-state index in [1.165, 1.54) is 29.7 Å². The molecule has 0 saturated carbocycles. The maximum atomic E-state index is 12.7. The molecule has 0 bridgehead atoms. The van der Waals surface area contributed by atoms with Gasteiger partial charge in [-0.25, -0.2) is 0 Å². The Morgan fingerprint density at radius 3 is 2.66 bits per heavy atom. The number of hydrogen-bond donors (Lipinski definition) is 1. The van der Waals surface area contributed by atoms with Crippen LogP contribution in [0.3, 0.4) is 0 Å². The van der Waals surface area contributed by atoms with Crippen molar-refractivity contribution < 1.29 is 9.53 Å². The summed E-state index contributed by atoms with van der Waals surface area (Å²) in [4.78, 5) is 17.3. The predicted molar refractivity (Wildman–Crippen MR) is 114 cm³/mol. The number of piperidine rings is 1. The van der Waals surface area contributed by atoms with E-state index in [4.69, 9.17) is 4.74 Å². The number of carbonyl (C=O) groups is 1. The first-order chi connectivity index (χ1) is 14.3. The first kappa shape index (κ1) is 19.0. The van der Waals surface area contributed by atoms with Crippen molar-refractivity contribution in [2.24, 2.45) is 11.8 Å². The summed E-state index contributed by atoms with van der Waals surface area (Å²) in [6.07, 6.45) is 9.77. The molecular formula is C24H33N3O2. The van der Waals surface area contributed by atoms with Crippen LogP contribution in [0, 0.1) is 11.8 Å². The van der Waals surface area contributed by atoms with Gasteiger partial charge in [-0.05, 0) is 55.9 Å². The quantitative estimate of drug-likeness (QED) is 0.825. The highest BCUT2D eigenvalue weighted by atomic mass is 16.5. The minimum atomic E-state index is 0.373. The van der Waals surface area contributed by atoms with E-state index in [1.807, 2.05) is 0 Å². The molecule has 0 spiro atoms. The summed E-state index contributed by atoms with van der Waals surface area (Å²) in [6.45, 7) is 4.48. The molecule has 1 N–H and O–H groups in total. The fraction of sp³-hybridized carbons (Fsp3) is 0.625. The Bertz CT molecular complexity index is 763. The fourth-order valence-electron chi connectivity index (χ4n) is 5.61. The smallest absolute Gasteiger partial charge is 0.222 e. The lowest BCUT2D eigenvalue weighted by Crippen LogP contribution is -2.39. The summed E-state index contributed by atoms with van der Waals surface area (Å²) in [6, 6.07) is 9.37. The zero-order valence-electron chi connectivity index (χ0n) is 17.3. The van der Waals surface area contributed by atoms with Gasteiger partial charge in [0.25, 0.3) is 0 Å². The summed E-state index contributed by atoms with van der Waals surface area (Å²) >= 11 is 0. The molecule has 1 atom stereocenters. The first-order valence-electron chi connectivity index (χ1n) is 11.4. The average molecular weight is 396 g/mol. The zero-order valence-corrected chi connectivity index (χ0v) is 17.3. The number of nitrogens with one attached hydrogen (secondary N) is 1. The maximum absolute atomic E-state index is 12.7. The van der Waals surface area contributed by atoms with E-state index in [-0.39, 0.29) is 0 Å². The van der Waals surface area contributed by atoms with Gasteiger partial charge in [-0.3, -0.25) is 4.79 Å². The highest BCUT2D eigenvalue weighted by molar-refractivity contribution is 5.76. The van der Waals surface area contributed by atoms with Gasteiger partial charge in [-0.2, -0.15) is 0 Å². The summed E-state index contributed by atoms with van der Waals surface area (Å²) in [5, 5.41) is 3.40. The Morgan fingerprint density at radius 1 is 1.03 bits per heavy atom. The monoisotopic (exact) mass is 395 g/mol. The molecule has 0 aromatic heterocycles. The third-order valence-electron chi connectivity index (χ3n) is 7.40. The van der Waals surface area contributed by atoms with E-state index in [0.717, 1.165) is 71.0 Å². The largest absolute Gasteiger partial charge is 0.381 e. The van der Waals surface area contributed by atoms with E-state index in [9.17, 15) is 4.79 Å². The van der Waals surface area contributed by atoms with Crippen LogP contribution < -0.4 is 5.32 Å². The SMILES string of the molecule is O=C(CC1CCOCC1)N1CCC(CC[C@H]2c3ccccc3C3=CNCN32)CC1. The normalized spacial score (nSPS) is 24.8. The predicted octanol–water partition coefficient (Wildman–Crippen LogP) is 3.74. The van der Waals surface area contributed by atoms with E-state index >= 15 is 0 Å².